The second kappa shape index (κ2) is 8.14. The molecule has 138 valence electrons. The molecule has 0 saturated heterocycles. The Labute approximate surface area is 156 Å². The molecular weight excluding hydrogens is 352 g/mol. The Bertz CT molecular complexity index is 838. The standard InChI is InChI=1S/C19H22N2O4S/c1-10(2)12-4-6-13(7-5-12)16-11(3)26-19(17(16)18(20)25)21-14(22)8-9-15(23)24/h4-7,10H,8-9H2,1-3H3,(H2,20,25)(H,21,22)(H,23,24). The molecule has 0 saturated carbocycles. The number of amides is 2. The van der Waals surface area contributed by atoms with Crippen molar-refractivity contribution in [3.8, 4) is 11.1 Å². The van der Waals surface area contributed by atoms with Crippen molar-refractivity contribution < 1.29 is 19.5 Å². The quantitative estimate of drug-likeness (QED) is 0.685. The molecule has 0 aliphatic heterocycles. The Kier molecular flexibility index (Phi) is 6.15. The first-order valence-electron chi connectivity index (χ1n) is 8.25. The van der Waals surface area contributed by atoms with Gasteiger partial charge in [-0.05, 0) is 24.0 Å². The summed E-state index contributed by atoms with van der Waals surface area (Å²) < 4.78 is 0. The number of rotatable bonds is 7. The van der Waals surface area contributed by atoms with E-state index in [1.54, 1.807) is 0 Å². The molecule has 1 aromatic carbocycles. The zero-order valence-corrected chi connectivity index (χ0v) is 15.8. The molecule has 0 bridgehead atoms. The topological polar surface area (TPSA) is 109 Å². The van der Waals surface area contributed by atoms with E-state index in [1.807, 2.05) is 31.2 Å². The van der Waals surface area contributed by atoms with Crippen LogP contribution in [0.5, 0.6) is 0 Å². The number of nitrogens with one attached hydrogen (secondary N) is 1. The molecule has 0 radical (unpaired) electrons. The van der Waals surface area contributed by atoms with Gasteiger partial charge in [0, 0.05) is 16.9 Å². The fourth-order valence-electron chi connectivity index (χ4n) is 2.66. The molecule has 4 N–H and O–H groups in total. The molecule has 0 fully saturated rings. The van der Waals surface area contributed by atoms with Gasteiger partial charge in [-0.15, -0.1) is 11.3 Å². The number of benzene rings is 1. The van der Waals surface area contributed by atoms with Crippen LogP contribution in [0.25, 0.3) is 11.1 Å². The Balaban J connectivity index is 2.38. The highest BCUT2D eigenvalue weighted by atomic mass is 32.1. The summed E-state index contributed by atoms with van der Waals surface area (Å²) in [5, 5.41) is 11.7. The Morgan fingerprint density at radius 1 is 1.15 bits per heavy atom. The minimum absolute atomic E-state index is 0.164. The van der Waals surface area contributed by atoms with Crippen LogP contribution in [0.4, 0.5) is 5.00 Å². The number of aliphatic carboxylic acids is 1. The lowest BCUT2D eigenvalue weighted by Crippen LogP contribution is -2.17. The van der Waals surface area contributed by atoms with E-state index in [4.69, 9.17) is 10.8 Å². The highest BCUT2D eigenvalue weighted by Gasteiger charge is 2.23. The number of hydrogen-bond donors (Lipinski definition) is 3. The summed E-state index contributed by atoms with van der Waals surface area (Å²) in [7, 11) is 0. The van der Waals surface area contributed by atoms with Crippen LogP contribution in [-0.2, 0) is 9.59 Å². The first-order chi connectivity index (χ1) is 12.2. The van der Waals surface area contributed by atoms with Crippen LogP contribution in [0.2, 0.25) is 0 Å². The molecule has 6 nitrogen and oxygen atoms in total. The van der Waals surface area contributed by atoms with Crippen LogP contribution in [-0.4, -0.2) is 22.9 Å². The van der Waals surface area contributed by atoms with Gasteiger partial charge >= 0.3 is 5.97 Å². The monoisotopic (exact) mass is 374 g/mol. The number of aryl methyl sites for hydroxylation is 1. The summed E-state index contributed by atoms with van der Waals surface area (Å²) in [5.74, 6) is -1.75. The zero-order chi connectivity index (χ0) is 19.4. The van der Waals surface area contributed by atoms with Gasteiger partial charge in [-0.25, -0.2) is 0 Å². The third-order valence-corrected chi connectivity index (χ3v) is 5.04. The van der Waals surface area contributed by atoms with Gasteiger partial charge in [-0.1, -0.05) is 38.1 Å². The Hall–Kier alpha value is -2.67. The number of thiophene rings is 1. The summed E-state index contributed by atoms with van der Waals surface area (Å²) in [6, 6.07) is 7.89. The fourth-order valence-corrected chi connectivity index (χ4v) is 3.76. The number of carbonyl (C=O) groups is 3. The molecule has 1 heterocycles. The Morgan fingerprint density at radius 3 is 2.27 bits per heavy atom. The van der Waals surface area contributed by atoms with Gasteiger partial charge in [0.1, 0.15) is 5.00 Å². The van der Waals surface area contributed by atoms with Gasteiger partial charge in [-0.2, -0.15) is 0 Å². The number of carbonyl (C=O) groups excluding carboxylic acids is 2. The molecule has 0 aliphatic rings. The van der Waals surface area contributed by atoms with Crippen LogP contribution in [0, 0.1) is 6.92 Å². The average Bonchev–Trinajstić information content (AvgIpc) is 2.89. The van der Waals surface area contributed by atoms with E-state index < -0.39 is 17.8 Å². The molecule has 0 unspecified atom stereocenters. The lowest BCUT2D eigenvalue weighted by atomic mass is 9.96. The zero-order valence-electron chi connectivity index (χ0n) is 15.0. The lowest BCUT2D eigenvalue weighted by molar-refractivity contribution is -0.138. The molecule has 2 amide bonds. The third-order valence-electron chi connectivity index (χ3n) is 4.02. The summed E-state index contributed by atoms with van der Waals surface area (Å²) in [6.07, 6.45) is -0.436. The van der Waals surface area contributed by atoms with Crippen LogP contribution in [0.1, 0.15) is 53.4 Å². The van der Waals surface area contributed by atoms with Gasteiger partial charge in [0.05, 0.1) is 12.0 Å². The minimum Gasteiger partial charge on any atom is -0.481 e. The highest BCUT2D eigenvalue weighted by Crippen LogP contribution is 2.40. The van der Waals surface area contributed by atoms with E-state index in [-0.39, 0.29) is 18.4 Å². The van der Waals surface area contributed by atoms with Crippen molar-refractivity contribution in [2.75, 3.05) is 5.32 Å². The molecule has 26 heavy (non-hydrogen) atoms. The fraction of sp³-hybridized carbons (Fsp3) is 0.316. The van der Waals surface area contributed by atoms with E-state index >= 15 is 0 Å². The van der Waals surface area contributed by atoms with Crippen molar-refractivity contribution in [2.24, 2.45) is 5.73 Å². The van der Waals surface area contributed by atoms with Crippen molar-refractivity contribution in [3.05, 3.63) is 40.3 Å². The van der Waals surface area contributed by atoms with Gasteiger partial charge in [0.2, 0.25) is 5.91 Å². The molecule has 1 aromatic heterocycles. The third kappa shape index (κ3) is 4.49. The smallest absolute Gasteiger partial charge is 0.303 e. The summed E-state index contributed by atoms with van der Waals surface area (Å²) in [6.45, 7) is 6.06. The SMILES string of the molecule is Cc1sc(NC(=O)CCC(=O)O)c(C(N)=O)c1-c1ccc(C(C)C)cc1. The van der Waals surface area contributed by atoms with Crippen molar-refractivity contribution in [2.45, 2.75) is 39.5 Å². The molecule has 7 heteroatoms. The first-order valence-corrected chi connectivity index (χ1v) is 9.07. The van der Waals surface area contributed by atoms with Gasteiger partial charge in [-0.3, -0.25) is 14.4 Å². The second-order valence-corrected chi connectivity index (χ2v) is 7.54. The predicted molar refractivity (Wildman–Crippen MR) is 103 cm³/mol. The number of nitrogens with two attached hydrogens (primary N) is 1. The summed E-state index contributed by atoms with van der Waals surface area (Å²) in [5.41, 5.74) is 8.56. The highest BCUT2D eigenvalue weighted by molar-refractivity contribution is 7.17. The number of carboxylic acid groups (broad SMARTS) is 1. The van der Waals surface area contributed by atoms with Crippen molar-refractivity contribution in [1.29, 1.82) is 0 Å². The Morgan fingerprint density at radius 2 is 1.77 bits per heavy atom. The molecule has 0 aliphatic carbocycles. The maximum absolute atomic E-state index is 12.0. The largest absolute Gasteiger partial charge is 0.481 e. The van der Waals surface area contributed by atoms with Crippen molar-refractivity contribution in [1.82, 2.24) is 0 Å². The predicted octanol–water partition coefficient (Wildman–Crippen LogP) is 3.75. The van der Waals surface area contributed by atoms with Gasteiger partial charge in [0.25, 0.3) is 5.91 Å². The average molecular weight is 374 g/mol. The van der Waals surface area contributed by atoms with E-state index in [1.165, 1.54) is 16.9 Å². The summed E-state index contributed by atoms with van der Waals surface area (Å²) in [4.78, 5) is 35.4. The number of hydrogen-bond acceptors (Lipinski definition) is 4. The van der Waals surface area contributed by atoms with E-state index in [2.05, 4.69) is 19.2 Å². The molecular formula is C19H22N2O4S. The molecule has 0 atom stereocenters. The van der Waals surface area contributed by atoms with Gasteiger partial charge in [0.15, 0.2) is 0 Å². The number of primary amides is 1. The maximum Gasteiger partial charge on any atom is 0.303 e. The molecule has 0 spiro atoms. The maximum atomic E-state index is 12.0. The van der Waals surface area contributed by atoms with Crippen LogP contribution in [0.15, 0.2) is 24.3 Å². The van der Waals surface area contributed by atoms with Gasteiger partial charge < -0.3 is 16.2 Å². The van der Waals surface area contributed by atoms with Crippen molar-refractivity contribution in [3.63, 3.8) is 0 Å². The lowest BCUT2D eigenvalue weighted by Gasteiger charge is -2.09. The van der Waals surface area contributed by atoms with Crippen LogP contribution < -0.4 is 11.1 Å². The first kappa shape index (κ1) is 19.7. The minimum atomic E-state index is -1.05. The van der Waals surface area contributed by atoms with Crippen LogP contribution >= 0.6 is 11.3 Å². The van der Waals surface area contributed by atoms with E-state index in [0.29, 0.717) is 16.5 Å². The number of anilines is 1. The number of carboxylic acids is 1. The molecule has 2 aromatic rings. The molecule has 2 rings (SSSR count). The van der Waals surface area contributed by atoms with Crippen molar-refractivity contribution >= 4 is 34.1 Å². The van der Waals surface area contributed by atoms with E-state index in [9.17, 15) is 14.4 Å². The summed E-state index contributed by atoms with van der Waals surface area (Å²) >= 11 is 1.26. The van der Waals surface area contributed by atoms with E-state index in [0.717, 1.165) is 10.4 Å². The second-order valence-electron chi connectivity index (χ2n) is 6.32. The van der Waals surface area contributed by atoms with Crippen LogP contribution in [0.3, 0.4) is 0 Å². The normalized spacial score (nSPS) is 10.8.